The lowest BCUT2D eigenvalue weighted by molar-refractivity contribution is -0.125. The van der Waals surface area contributed by atoms with Gasteiger partial charge in [0.05, 0.1) is 0 Å². The number of amidine groups is 1. The zero-order chi connectivity index (χ0) is 16.5. The van der Waals surface area contributed by atoms with E-state index < -0.39 is 5.25 Å². The Morgan fingerprint density at radius 3 is 2.91 bits per heavy atom. The van der Waals surface area contributed by atoms with Gasteiger partial charge >= 0.3 is 0 Å². The van der Waals surface area contributed by atoms with E-state index in [0.29, 0.717) is 11.7 Å². The predicted octanol–water partition coefficient (Wildman–Crippen LogP) is 1.80. The van der Waals surface area contributed by atoms with Crippen LogP contribution in [0.4, 0.5) is 0 Å². The summed E-state index contributed by atoms with van der Waals surface area (Å²) < 4.78 is 0. The van der Waals surface area contributed by atoms with Crippen LogP contribution in [-0.4, -0.2) is 35.0 Å². The van der Waals surface area contributed by atoms with Crippen LogP contribution in [-0.2, 0) is 9.59 Å². The van der Waals surface area contributed by atoms with Gasteiger partial charge in [-0.2, -0.15) is 5.10 Å². The molecule has 7 heteroatoms. The Labute approximate surface area is 139 Å². The number of benzene rings is 1. The van der Waals surface area contributed by atoms with E-state index in [1.165, 1.54) is 11.8 Å². The molecule has 1 heterocycles. The van der Waals surface area contributed by atoms with E-state index in [2.05, 4.69) is 20.8 Å². The highest BCUT2D eigenvalue weighted by Crippen LogP contribution is 2.22. The molecule has 1 aromatic rings. The third kappa shape index (κ3) is 5.71. The van der Waals surface area contributed by atoms with E-state index >= 15 is 0 Å². The lowest BCUT2D eigenvalue weighted by atomic mass is 10.2. The van der Waals surface area contributed by atoms with Gasteiger partial charge in [0, 0.05) is 19.2 Å². The topological polar surface area (TPSA) is 82.9 Å². The van der Waals surface area contributed by atoms with Gasteiger partial charge in [-0.15, -0.1) is 5.10 Å². The molecule has 2 N–H and O–H groups in total. The molecule has 2 rings (SSSR count). The van der Waals surface area contributed by atoms with Crippen molar-refractivity contribution in [1.29, 1.82) is 0 Å². The van der Waals surface area contributed by atoms with Crippen molar-refractivity contribution in [3.05, 3.63) is 42.0 Å². The number of carbonyl (C=O) groups is 2. The molecule has 2 amide bonds. The Morgan fingerprint density at radius 1 is 1.39 bits per heavy atom. The van der Waals surface area contributed by atoms with Crippen molar-refractivity contribution in [2.75, 3.05) is 6.54 Å². The second-order valence-corrected chi connectivity index (χ2v) is 5.88. The lowest BCUT2D eigenvalue weighted by Crippen LogP contribution is -2.31. The van der Waals surface area contributed by atoms with E-state index in [0.717, 1.165) is 5.56 Å². The number of amides is 2. The molecule has 23 heavy (non-hydrogen) atoms. The van der Waals surface area contributed by atoms with Crippen molar-refractivity contribution >= 4 is 41.0 Å². The molecule has 1 fully saturated rings. The van der Waals surface area contributed by atoms with Crippen molar-refractivity contribution in [2.45, 2.75) is 18.6 Å². The summed E-state index contributed by atoms with van der Waals surface area (Å²) in [5.74, 6) is -0.356. The van der Waals surface area contributed by atoms with Crippen LogP contribution in [0.1, 0.15) is 18.9 Å². The molecule has 1 aromatic carbocycles. The summed E-state index contributed by atoms with van der Waals surface area (Å²) in [6.45, 7) is 2.39. The zero-order valence-electron chi connectivity index (χ0n) is 12.7. The molecule has 120 valence electrons. The molecule has 0 saturated carbocycles. The molecule has 0 unspecified atom stereocenters. The summed E-state index contributed by atoms with van der Waals surface area (Å²) in [6, 6.07) is 9.83. The predicted molar refractivity (Wildman–Crippen MR) is 94.2 cm³/mol. The van der Waals surface area contributed by atoms with Gasteiger partial charge in [-0.05, 0) is 18.6 Å². The number of hydrogen-bond donors (Lipinski definition) is 2. The average molecular weight is 330 g/mol. The maximum Gasteiger partial charge on any atom is 0.240 e. The first kappa shape index (κ1) is 17.0. The molecule has 0 bridgehead atoms. The largest absolute Gasteiger partial charge is 0.356 e. The summed E-state index contributed by atoms with van der Waals surface area (Å²) in [6.07, 6.45) is 5.36. The maximum absolute atomic E-state index is 11.7. The van der Waals surface area contributed by atoms with Crippen LogP contribution in [0.5, 0.6) is 0 Å². The Balaban J connectivity index is 1.84. The normalized spacial score (nSPS) is 19.6. The second-order valence-electron chi connectivity index (χ2n) is 4.69. The maximum atomic E-state index is 11.7. The minimum atomic E-state index is -0.449. The van der Waals surface area contributed by atoms with Crippen LogP contribution >= 0.6 is 11.8 Å². The Bertz CT molecular complexity index is 641. The Kier molecular flexibility index (Phi) is 6.56. The number of carbonyl (C=O) groups excluding carboxylic acids is 2. The van der Waals surface area contributed by atoms with Crippen LogP contribution in [0, 0.1) is 0 Å². The highest BCUT2D eigenvalue weighted by Gasteiger charge is 2.31. The monoisotopic (exact) mass is 330 g/mol. The summed E-state index contributed by atoms with van der Waals surface area (Å²) in [7, 11) is 0. The number of allylic oxidation sites excluding steroid dienone is 1. The van der Waals surface area contributed by atoms with Gasteiger partial charge in [0.2, 0.25) is 11.8 Å². The highest BCUT2D eigenvalue weighted by molar-refractivity contribution is 8.15. The molecule has 0 spiro atoms. The van der Waals surface area contributed by atoms with Gasteiger partial charge in [0.15, 0.2) is 5.17 Å². The van der Waals surface area contributed by atoms with Crippen LogP contribution in [0.2, 0.25) is 0 Å². The van der Waals surface area contributed by atoms with Crippen molar-refractivity contribution in [3.8, 4) is 0 Å². The van der Waals surface area contributed by atoms with Crippen molar-refractivity contribution in [3.63, 3.8) is 0 Å². The van der Waals surface area contributed by atoms with Crippen LogP contribution in [0.15, 0.2) is 46.6 Å². The van der Waals surface area contributed by atoms with Gasteiger partial charge < -0.3 is 10.6 Å². The quantitative estimate of drug-likeness (QED) is 0.616. The minimum Gasteiger partial charge on any atom is -0.356 e. The summed E-state index contributed by atoms with van der Waals surface area (Å²) in [5, 5.41) is 13.1. The van der Waals surface area contributed by atoms with E-state index in [1.54, 1.807) is 12.3 Å². The van der Waals surface area contributed by atoms with Gasteiger partial charge in [-0.3, -0.25) is 9.59 Å². The first-order valence-electron chi connectivity index (χ1n) is 7.26. The van der Waals surface area contributed by atoms with Crippen LogP contribution in [0.25, 0.3) is 6.08 Å². The van der Waals surface area contributed by atoms with Gasteiger partial charge in [-0.1, -0.05) is 48.2 Å². The fourth-order valence-electron chi connectivity index (χ4n) is 1.87. The first-order valence-corrected chi connectivity index (χ1v) is 8.14. The summed E-state index contributed by atoms with van der Waals surface area (Å²) >= 11 is 1.22. The smallest absolute Gasteiger partial charge is 0.240 e. The molecule has 1 aliphatic rings. The number of rotatable bonds is 6. The third-order valence-electron chi connectivity index (χ3n) is 2.91. The van der Waals surface area contributed by atoms with Crippen LogP contribution in [0.3, 0.4) is 0 Å². The number of thioether (sulfide) groups is 1. The van der Waals surface area contributed by atoms with Crippen molar-refractivity contribution in [1.82, 2.24) is 10.6 Å². The van der Waals surface area contributed by atoms with E-state index in [-0.39, 0.29) is 18.2 Å². The number of hydrogen-bond acceptors (Lipinski definition) is 5. The number of nitrogens with zero attached hydrogens (tertiary/aromatic N) is 2. The van der Waals surface area contributed by atoms with Crippen molar-refractivity contribution < 1.29 is 9.59 Å². The molecule has 0 radical (unpaired) electrons. The molecule has 0 aromatic heterocycles. The summed E-state index contributed by atoms with van der Waals surface area (Å²) in [4.78, 5) is 23.2. The Morgan fingerprint density at radius 2 is 2.17 bits per heavy atom. The third-order valence-corrected chi connectivity index (χ3v) is 3.98. The van der Waals surface area contributed by atoms with Gasteiger partial charge in [-0.25, -0.2) is 0 Å². The SMILES string of the molecule is CCNC(=O)C[C@@H]1S/C(=N/N=C\C=C\c2ccccc2)NC1=O. The van der Waals surface area contributed by atoms with E-state index in [1.807, 2.05) is 43.3 Å². The molecular formula is C16H18N4O2S. The van der Waals surface area contributed by atoms with Gasteiger partial charge in [0.25, 0.3) is 0 Å². The molecule has 0 aliphatic carbocycles. The first-order chi connectivity index (χ1) is 11.2. The Hall–Kier alpha value is -2.41. The van der Waals surface area contributed by atoms with E-state index in [4.69, 9.17) is 0 Å². The molecule has 1 saturated heterocycles. The molecule has 6 nitrogen and oxygen atoms in total. The molecule has 1 aliphatic heterocycles. The van der Waals surface area contributed by atoms with Crippen molar-refractivity contribution in [2.24, 2.45) is 10.2 Å². The minimum absolute atomic E-state index is 0.140. The standard InChI is InChI=1S/C16H18N4O2S/c1-2-17-14(21)11-13-15(22)19-16(23-13)20-18-10-6-9-12-7-4-3-5-8-12/h3-10,13H,2,11H2,1H3,(H,17,21)(H,19,20,22)/b9-6+,18-10-/t13-/m0/s1. The number of nitrogens with one attached hydrogen (secondary N) is 2. The second kappa shape index (κ2) is 8.89. The summed E-state index contributed by atoms with van der Waals surface area (Å²) in [5.41, 5.74) is 1.07. The van der Waals surface area contributed by atoms with E-state index in [9.17, 15) is 9.59 Å². The fraction of sp³-hybridized carbons (Fsp3) is 0.250. The average Bonchev–Trinajstić information content (AvgIpc) is 2.88. The van der Waals surface area contributed by atoms with Gasteiger partial charge in [0.1, 0.15) is 5.25 Å². The van der Waals surface area contributed by atoms with Crippen LogP contribution < -0.4 is 10.6 Å². The zero-order valence-corrected chi connectivity index (χ0v) is 13.5. The lowest BCUT2D eigenvalue weighted by Gasteiger charge is -2.04. The fourth-order valence-corrected chi connectivity index (χ4v) is 2.79. The molecule has 1 atom stereocenters. The highest BCUT2D eigenvalue weighted by atomic mass is 32.2. The molecular weight excluding hydrogens is 312 g/mol.